The SMILES string of the molecule is Cc1oc(-c2ccc(Cl)cc2)cc1COc1ccc(SC(C)(C)C(=O)O)cc1. The molecule has 146 valence electrons. The van der Waals surface area contributed by atoms with Gasteiger partial charge in [0.05, 0.1) is 0 Å². The summed E-state index contributed by atoms with van der Waals surface area (Å²) in [6.45, 7) is 5.66. The first-order valence-corrected chi connectivity index (χ1v) is 9.94. The third-order valence-corrected chi connectivity index (χ3v) is 5.70. The average Bonchev–Trinajstić information content (AvgIpc) is 3.02. The highest BCUT2D eigenvalue weighted by Crippen LogP contribution is 2.34. The number of hydrogen-bond acceptors (Lipinski definition) is 4. The van der Waals surface area contributed by atoms with Crippen molar-refractivity contribution in [3.63, 3.8) is 0 Å². The zero-order valence-electron chi connectivity index (χ0n) is 15.9. The predicted octanol–water partition coefficient (Wildman–Crippen LogP) is 6.44. The lowest BCUT2D eigenvalue weighted by Gasteiger charge is -2.18. The van der Waals surface area contributed by atoms with Crippen LogP contribution in [-0.2, 0) is 11.4 Å². The second-order valence-corrected chi connectivity index (χ2v) is 9.01. The van der Waals surface area contributed by atoms with Gasteiger partial charge in [0.25, 0.3) is 0 Å². The smallest absolute Gasteiger partial charge is 0.319 e. The molecule has 0 fully saturated rings. The van der Waals surface area contributed by atoms with Crippen LogP contribution in [0, 0.1) is 6.92 Å². The van der Waals surface area contributed by atoms with E-state index in [1.165, 1.54) is 11.8 Å². The number of aryl methyl sites for hydroxylation is 1. The highest BCUT2D eigenvalue weighted by atomic mass is 35.5. The minimum atomic E-state index is -0.881. The molecule has 1 N–H and O–H groups in total. The lowest BCUT2D eigenvalue weighted by Crippen LogP contribution is -2.26. The van der Waals surface area contributed by atoms with Gasteiger partial charge in [-0.1, -0.05) is 11.6 Å². The van der Waals surface area contributed by atoms with Crippen LogP contribution in [0.5, 0.6) is 5.75 Å². The summed E-state index contributed by atoms with van der Waals surface area (Å²) in [4.78, 5) is 12.1. The van der Waals surface area contributed by atoms with E-state index < -0.39 is 10.7 Å². The fraction of sp³-hybridized carbons (Fsp3) is 0.227. The minimum absolute atomic E-state index is 0.385. The first-order chi connectivity index (χ1) is 13.2. The van der Waals surface area contributed by atoms with Crippen molar-refractivity contribution in [2.45, 2.75) is 37.0 Å². The molecular formula is C22H21ClO4S. The van der Waals surface area contributed by atoms with Gasteiger partial charge >= 0.3 is 5.97 Å². The van der Waals surface area contributed by atoms with E-state index in [9.17, 15) is 9.90 Å². The molecule has 0 aliphatic rings. The van der Waals surface area contributed by atoms with Gasteiger partial charge in [0.1, 0.15) is 28.6 Å². The lowest BCUT2D eigenvalue weighted by atomic mass is 10.1. The van der Waals surface area contributed by atoms with Crippen molar-refractivity contribution < 1.29 is 19.1 Å². The first-order valence-electron chi connectivity index (χ1n) is 8.75. The summed E-state index contributed by atoms with van der Waals surface area (Å²) < 4.78 is 10.8. The zero-order valence-corrected chi connectivity index (χ0v) is 17.4. The topological polar surface area (TPSA) is 59.7 Å². The normalized spacial score (nSPS) is 11.4. The number of rotatable bonds is 7. The second kappa shape index (κ2) is 8.33. The molecule has 0 amide bonds. The van der Waals surface area contributed by atoms with Gasteiger partial charge in [0, 0.05) is 21.0 Å². The number of carboxylic acid groups (broad SMARTS) is 1. The average molecular weight is 417 g/mol. The van der Waals surface area contributed by atoms with Gasteiger partial charge < -0.3 is 14.3 Å². The van der Waals surface area contributed by atoms with Gasteiger partial charge in [0.2, 0.25) is 0 Å². The van der Waals surface area contributed by atoms with Crippen LogP contribution in [-0.4, -0.2) is 15.8 Å². The number of ether oxygens (including phenoxy) is 1. The molecule has 0 radical (unpaired) electrons. The van der Waals surface area contributed by atoms with Gasteiger partial charge in [-0.3, -0.25) is 4.79 Å². The summed E-state index contributed by atoms with van der Waals surface area (Å²) in [6.07, 6.45) is 0. The number of benzene rings is 2. The van der Waals surface area contributed by atoms with Gasteiger partial charge in [-0.25, -0.2) is 0 Å². The van der Waals surface area contributed by atoms with E-state index >= 15 is 0 Å². The second-order valence-electron chi connectivity index (χ2n) is 6.88. The van der Waals surface area contributed by atoms with Crippen LogP contribution in [0.25, 0.3) is 11.3 Å². The molecule has 3 aromatic rings. The molecule has 4 nitrogen and oxygen atoms in total. The maximum absolute atomic E-state index is 11.2. The third-order valence-electron chi connectivity index (χ3n) is 4.26. The Morgan fingerprint density at radius 3 is 2.39 bits per heavy atom. The van der Waals surface area contributed by atoms with E-state index in [0.29, 0.717) is 17.4 Å². The molecule has 2 aromatic carbocycles. The monoisotopic (exact) mass is 416 g/mol. The molecule has 0 aliphatic heterocycles. The van der Waals surface area contributed by atoms with E-state index in [2.05, 4.69) is 0 Å². The Kier molecular flexibility index (Phi) is 6.06. The number of hydrogen-bond donors (Lipinski definition) is 1. The quantitative estimate of drug-likeness (QED) is 0.449. The van der Waals surface area contributed by atoms with Crippen LogP contribution < -0.4 is 4.74 Å². The Hall–Kier alpha value is -2.37. The molecule has 0 saturated carbocycles. The molecule has 1 heterocycles. The Morgan fingerprint density at radius 2 is 1.79 bits per heavy atom. The van der Waals surface area contributed by atoms with Crippen molar-refractivity contribution in [1.82, 2.24) is 0 Å². The van der Waals surface area contributed by atoms with Crippen molar-refractivity contribution in [3.8, 4) is 17.1 Å². The largest absolute Gasteiger partial charge is 0.489 e. The van der Waals surface area contributed by atoms with E-state index in [0.717, 1.165) is 27.5 Å². The first kappa shape index (κ1) is 20.4. The molecule has 0 bridgehead atoms. The Morgan fingerprint density at radius 1 is 1.14 bits per heavy atom. The Labute approximate surface area is 173 Å². The van der Waals surface area contributed by atoms with E-state index in [1.807, 2.05) is 61.5 Å². The minimum Gasteiger partial charge on any atom is -0.489 e. The molecule has 3 rings (SSSR count). The van der Waals surface area contributed by atoms with Gasteiger partial charge in [-0.05, 0) is 75.4 Å². The number of carboxylic acids is 1. The summed E-state index contributed by atoms with van der Waals surface area (Å²) >= 11 is 7.24. The summed E-state index contributed by atoms with van der Waals surface area (Å²) in [6, 6.07) is 16.9. The highest BCUT2D eigenvalue weighted by Gasteiger charge is 2.28. The van der Waals surface area contributed by atoms with Crippen molar-refractivity contribution in [3.05, 3.63) is 70.9 Å². The van der Waals surface area contributed by atoms with E-state index in [-0.39, 0.29) is 0 Å². The molecule has 0 spiro atoms. The third kappa shape index (κ3) is 4.91. The van der Waals surface area contributed by atoms with Gasteiger partial charge in [-0.15, -0.1) is 11.8 Å². The Balaban J connectivity index is 1.64. The van der Waals surface area contributed by atoms with Gasteiger partial charge in [0.15, 0.2) is 0 Å². The summed E-state index contributed by atoms with van der Waals surface area (Å²) in [7, 11) is 0. The van der Waals surface area contributed by atoms with Crippen LogP contribution in [0.3, 0.4) is 0 Å². The Bertz CT molecular complexity index is 959. The van der Waals surface area contributed by atoms with E-state index in [1.54, 1.807) is 13.8 Å². The van der Waals surface area contributed by atoms with Crippen molar-refractivity contribution >= 4 is 29.3 Å². The summed E-state index contributed by atoms with van der Waals surface area (Å²) in [5, 5.41) is 9.91. The lowest BCUT2D eigenvalue weighted by molar-refractivity contribution is -0.138. The van der Waals surface area contributed by atoms with Crippen LogP contribution >= 0.6 is 23.4 Å². The van der Waals surface area contributed by atoms with Crippen LogP contribution in [0.4, 0.5) is 0 Å². The summed E-state index contributed by atoms with van der Waals surface area (Å²) in [5.74, 6) is 1.45. The van der Waals surface area contributed by atoms with Crippen LogP contribution in [0.15, 0.2) is 63.9 Å². The van der Waals surface area contributed by atoms with Crippen LogP contribution in [0.1, 0.15) is 25.2 Å². The highest BCUT2D eigenvalue weighted by molar-refractivity contribution is 8.01. The predicted molar refractivity (Wildman–Crippen MR) is 112 cm³/mol. The van der Waals surface area contributed by atoms with Crippen molar-refractivity contribution in [2.75, 3.05) is 0 Å². The maximum Gasteiger partial charge on any atom is 0.319 e. The molecule has 1 aromatic heterocycles. The number of furan rings is 1. The van der Waals surface area contributed by atoms with Crippen molar-refractivity contribution in [1.29, 1.82) is 0 Å². The molecule has 0 atom stereocenters. The van der Waals surface area contributed by atoms with Gasteiger partial charge in [-0.2, -0.15) is 0 Å². The fourth-order valence-electron chi connectivity index (χ4n) is 2.52. The van der Waals surface area contributed by atoms with Crippen molar-refractivity contribution in [2.24, 2.45) is 0 Å². The number of thioether (sulfide) groups is 1. The molecule has 0 unspecified atom stereocenters. The molecule has 0 aliphatic carbocycles. The van der Waals surface area contributed by atoms with Crippen LogP contribution in [0.2, 0.25) is 5.02 Å². The summed E-state index contributed by atoms with van der Waals surface area (Å²) in [5.41, 5.74) is 1.93. The number of halogens is 1. The standard InChI is InChI=1S/C22H21ClO4S/c1-14-16(12-20(27-14)15-4-6-17(23)7-5-15)13-26-18-8-10-19(11-9-18)28-22(2,3)21(24)25/h4-12H,13H2,1-3H3,(H,24,25). The molecule has 28 heavy (non-hydrogen) atoms. The number of aliphatic carboxylic acids is 1. The zero-order chi connectivity index (χ0) is 20.3. The van der Waals surface area contributed by atoms with E-state index in [4.69, 9.17) is 20.8 Å². The fourth-order valence-corrected chi connectivity index (χ4v) is 3.60. The molecular weight excluding hydrogens is 396 g/mol. The number of carbonyl (C=O) groups is 1. The molecule has 6 heteroatoms. The maximum atomic E-state index is 11.2. The molecule has 0 saturated heterocycles.